The highest BCUT2D eigenvalue weighted by Crippen LogP contribution is 2.26. The molecule has 6 rings (SSSR count). The SMILES string of the molecule is CCC(N)CNc1ccc2c(c1)ncn2-c1ccnc(NCCC2CCCN(C(=O)Nc3cccc4ccccc34)C2)n1. The molecule has 1 aliphatic heterocycles. The average Bonchev–Trinajstić information content (AvgIpc) is 3.47. The molecular formula is C33H39N9O. The van der Waals surface area contributed by atoms with Gasteiger partial charge in [0.05, 0.1) is 16.7 Å². The fourth-order valence-corrected chi connectivity index (χ4v) is 5.67. The molecule has 3 aromatic carbocycles. The van der Waals surface area contributed by atoms with Crippen molar-refractivity contribution in [3.8, 4) is 5.82 Å². The molecule has 1 saturated heterocycles. The summed E-state index contributed by atoms with van der Waals surface area (Å²) in [4.78, 5) is 28.9. The van der Waals surface area contributed by atoms with Crippen LogP contribution in [0.5, 0.6) is 0 Å². The van der Waals surface area contributed by atoms with Gasteiger partial charge in [0, 0.05) is 49.5 Å². The second-order valence-electron chi connectivity index (χ2n) is 11.2. The van der Waals surface area contributed by atoms with E-state index in [1.54, 1.807) is 12.5 Å². The number of fused-ring (bicyclic) bond motifs is 2. The first kappa shape index (κ1) is 28.4. The Bertz CT molecular complexity index is 1700. The lowest BCUT2D eigenvalue weighted by molar-refractivity contribution is 0.175. The molecule has 5 aromatic rings. The molecule has 43 heavy (non-hydrogen) atoms. The maximum atomic E-state index is 13.1. The molecule has 0 spiro atoms. The van der Waals surface area contributed by atoms with Gasteiger partial charge >= 0.3 is 6.03 Å². The molecule has 0 aliphatic carbocycles. The molecule has 222 valence electrons. The average molecular weight is 578 g/mol. The van der Waals surface area contributed by atoms with E-state index in [2.05, 4.69) is 45.0 Å². The highest BCUT2D eigenvalue weighted by Gasteiger charge is 2.24. The van der Waals surface area contributed by atoms with Gasteiger partial charge in [-0.2, -0.15) is 4.98 Å². The number of benzene rings is 3. The van der Waals surface area contributed by atoms with Crippen molar-refractivity contribution >= 4 is 45.2 Å². The van der Waals surface area contributed by atoms with Crippen LogP contribution in [0, 0.1) is 5.92 Å². The van der Waals surface area contributed by atoms with Crippen LogP contribution in [0.2, 0.25) is 0 Å². The lowest BCUT2D eigenvalue weighted by Gasteiger charge is -2.33. The maximum Gasteiger partial charge on any atom is 0.321 e. The molecule has 2 unspecified atom stereocenters. The number of amides is 2. The van der Waals surface area contributed by atoms with Gasteiger partial charge in [-0.15, -0.1) is 0 Å². The van der Waals surface area contributed by atoms with E-state index in [1.807, 2.05) is 64.1 Å². The minimum absolute atomic E-state index is 0.0370. The number of carbonyl (C=O) groups excluding carboxylic acids is 1. The number of imidazole rings is 1. The number of urea groups is 1. The summed E-state index contributed by atoms with van der Waals surface area (Å²) in [7, 11) is 0. The summed E-state index contributed by atoms with van der Waals surface area (Å²) in [5.74, 6) is 1.74. The largest absolute Gasteiger partial charge is 0.383 e. The van der Waals surface area contributed by atoms with Gasteiger partial charge in [0.1, 0.15) is 12.1 Å². The summed E-state index contributed by atoms with van der Waals surface area (Å²) in [6, 6.07) is 22.2. The molecule has 2 aromatic heterocycles. The predicted molar refractivity (Wildman–Crippen MR) is 174 cm³/mol. The second kappa shape index (κ2) is 13.1. The van der Waals surface area contributed by atoms with E-state index in [4.69, 9.17) is 10.7 Å². The van der Waals surface area contributed by atoms with Gasteiger partial charge in [0.2, 0.25) is 5.95 Å². The number of carbonyl (C=O) groups is 1. The minimum atomic E-state index is -0.0370. The second-order valence-corrected chi connectivity index (χ2v) is 11.2. The normalized spacial score (nSPS) is 15.9. The third kappa shape index (κ3) is 6.70. The molecule has 0 bridgehead atoms. The van der Waals surface area contributed by atoms with Crippen LogP contribution in [-0.2, 0) is 0 Å². The molecule has 1 aliphatic rings. The fraction of sp³-hybridized carbons (Fsp3) is 0.333. The molecule has 2 atom stereocenters. The van der Waals surface area contributed by atoms with Crippen LogP contribution in [0.15, 0.2) is 79.3 Å². The van der Waals surface area contributed by atoms with Gasteiger partial charge in [-0.1, -0.05) is 43.3 Å². The van der Waals surface area contributed by atoms with E-state index in [0.29, 0.717) is 11.9 Å². The third-order valence-corrected chi connectivity index (χ3v) is 8.20. The van der Waals surface area contributed by atoms with Gasteiger partial charge in [-0.05, 0) is 67.3 Å². The number of anilines is 3. The zero-order valence-electron chi connectivity index (χ0n) is 24.5. The summed E-state index contributed by atoms with van der Waals surface area (Å²) in [6.45, 7) is 5.05. The highest BCUT2D eigenvalue weighted by atomic mass is 16.2. The quantitative estimate of drug-likeness (QED) is 0.164. The number of nitrogens with one attached hydrogen (secondary N) is 3. The van der Waals surface area contributed by atoms with Crippen LogP contribution in [0.1, 0.15) is 32.6 Å². The first-order valence-corrected chi connectivity index (χ1v) is 15.1. The summed E-state index contributed by atoms with van der Waals surface area (Å²) in [6.07, 6.45) is 7.50. The Morgan fingerprint density at radius 1 is 1.07 bits per heavy atom. The Hall–Kier alpha value is -4.70. The number of nitrogens with two attached hydrogens (primary N) is 1. The van der Waals surface area contributed by atoms with E-state index in [9.17, 15) is 4.79 Å². The molecule has 1 fully saturated rings. The van der Waals surface area contributed by atoms with Gasteiger partial charge in [-0.3, -0.25) is 4.57 Å². The van der Waals surface area contributed by atoms with Gasteiger partial charge in [-0.25, -0.2) is 14.8 Å². The maximum absolute atomic E-state index is 13.1. The number of aromatic nitrogens is 4. The van der Waals surface area contributed by atoms with Crippen LogP contribution < -0.4 is 21.7 Å². The molecule has 0 radical (unpaired) electrons. The first-order chi connectivity index (χ1) is 21.1. The van der Waals surface area contributed by atoms with Crippen molar-refractivity contribution in [1.29, 1.82) is 0 Å². The lowest BCUT2D eigenvalue weighted by Crippen LogP contribution is -2.42. The highest BCUT2D eigenvalue weighted by molar-refractivity contribution is 6.01. The Balaban J connectivity index is 1.03. The lowest BCUT2D eigenvalue weighted by atomic mass is 9.95. The summed E-state index contributed by atoms with van der Waals surface area (Å²) < 4.78 is 1.97. The van der Waals surface area contributed by atoms with Crippen LogP contribution >= 0.6 is 0 Å². The molecule has 10 heteroatoms. The first-order valence-electron chi connectivity index (χ1n) is 15.1. The van der Waals surface area contributed by atoms with E-state index in [1.165, 1.54) is 0 Å². The van der Waals surface area contributed by atoms with Crippen molar-refractivity contribution in [2.45, 2.75) is 38.6 Å². The van der Waals surface area contributed by atoms with Crippen molar-refractivity contribution in [2.24, 2.45) is 11.7 Å². The Kier molecular flexibility index (Phi) is 8.65. The molecular weight excluding hydrogens is 538 g/mol. The molecule has 10 nitrogen and oxygen atoms in total. The number of piperidine rings is 1. The van der Waals surface area contributed by atoms with Crippen molar-refractivity contribution in [3.05, 3.63) is 79.3 Å². The van der Waals surface area contributed by atoms with Gasteiger partial charge < -0.3 is 26.6 Å². The Labute approximate surface area is 251 Å². The summed E-state index contributed by atoms with van der Waals surface area (Å²) in [5.41, 5.74) is 9.75. The van der Waals surface area contributed by atoms with Crippen molar-refractivity contribution in [2.75, 3.05) is 42.1 Å². The minimum Gasteiger partial charge on any atom is -0.383 e. The topological polar surface area (TPSA) is 126 Å². The summed E-state index contributed by atoms with van der Waals surface area (Å²) in [5, 5.41) is 12.1. The van der Waals surface area contributed by atoms with Crippen molar-refractivity contribution < 1.29 is 4.79 Å². The van der Waals surface area contributed by atoms with Crippen LogP contribution in [0.25, 0.3) is 27.6 Å². The number of rotatable bonds is 10. The number of hydrogen-bond acceptors (Lipinski definition) is 7. The van der Waals surface area contributed by atoms with Crippen molar-refractivity contribution in [3.63, 3.8) is 0 Å². The number of likely N-dealkylation sites (tertiary alicyclic amines) is 1. The predicted octanol–water partition coefficient (Wildman–Crippen LogP) is 5.86. The van der Waals surface area contributed by atoms with E-state index >= 15 is 0 Å². The van der Waals surface area contributed by atoms with E-state index in [-0.39, 0.29) is 12.1 Å². The van der Waals surface area contributed by atoms with Crippen LogP contribution in [0.3, 0.4) is 0 Å². The monoisotopic (exact) mass is 577 g/mol. The number of nitrogens with zero attached hydrogens (tertiary/aromatic N) is 5. The standard InChI is InChI=1S/C33H39N9O/c1-2-25(34)20-37-26-12-13-30-29(19-26)38-22-42(30)31-15-17-36-32(40-31)35-16-14-23-7-6-18-41(21-23)33(43)39-28-11-5-9-24-8-3-4-10-27(24)28/h3-5,8-13,15,17,19,22-23,25,37H,2,6-7,14,16,18,20-21,34H2,1H3,(H,39,43)(H,35,36,40). The van der Waals surface area contributed by atoms with E-state index in [0.717, 1.165) is 90.9 Å². The molecule has 0 saturated carbocycles. The Morgan fingerprint density at radius 2 is 1.95 bits per heavy atom. The van der Waals surface area contributed by atoms with Crippen LogP contribution in [-0.4, -0.2) is 62.7 Å². The molecule has 2 amide bonds. The summed E-state index contributed by atoms with van der Waals surface area (Å²) >= 11 is 0. The smallest absolute Gasteiger partial charge is 0.321 e. The zero-order chi connectivity index (χ0) is 29.6. The number of hydrogen-bond donors (Lipinski definition) is 4. The van der Waals surface area contributed by atoms with Gasteiger partial charge in [0.25, 0.3) is 0 Å². The molecule has 3 heterocycles. The van der Waals surface area contributed by atoms with Crippen LogP contribution in [0.4, 0.5) is 22.1 Å². The fourth-order valence-electron chi connectivity index (χ4n) is 5.67. The Morgan fingerprint density at radius 3 is 2.86 bits per heavy atom. The van der Waals surface area contributed by atoms with Gasteiger partial charge in [0.15, 0.2) is 0 Å². The third-order valence-electron chi connectivity index (χ3n) is 8.20. The molecule has 5 N–H and O–H groups in total. The van der Waals surface area contributed by atoms with E-state index < -0.39 is 0 Å². The zero-order valence-corrected chi connectivity index (χ0v) is 24.5. The van der Waals surface area contributed by atoms with Crippen molar-refractivity contribution in [1.82, 2.24) is 24.4 Å².